The molecule has 7 aromatic rings. The molecule has 0 N–H and O–H groups in total. The number of aldehydes is 2. The quantitative estimate of drug-likeness (QED) is 0.276. The van der Waals surface area contributed by atoms with E-state index in [0.29, 0.717) is 11.1 Å². The fraction of sp³-hybridized carbons (Fsp3) is 0. The molecule has 2 aromatic heterocycles. The van der Waals surface area contributed by atoms with Gasteiger partial charge in [-0.1, -0.05) is 24.3 Å². The van der Waals surface area contributed by atoms with Gasteiger partial charge >= 0.3 is 0 Å². The fourth-order valence-corrected chi connectivity index (χ4v) is 4.71. The van der Waals surface area contributed by atoms with Gasteiger partial charge in [-0.2, -0.15) is 0 Å². The van der Waals surface area contributed by atoms with Gasteiger partial charge in [-0.25, -0.2) is 0 Å². The SMILES string of the molecule is O=Cc1ccc2cc3c(cc2c1)oc1cc2c(cc13)oc1cc3cc(C=O)ccc3cc12. The van der Waals surface area contributed by atoms with Crippen LogP contribution >= 0.6 is 0 Å². The normalized spacial score (nSPS) is 12.0. The predicted octanol–water partition coefficient (Wildman–Crippen LogP) is 7.42. The van der Waals surface area contributed by atoms with E-state index >= 15 is 0 Å². The number of benzene rings is 5. The first kappa shape index (κ1) is 17.3. The fourth-order valence-electron chi connectivity index (χ4n) is 4.71. The molecule has 0 unspecified atom stereocenters. The smallest absolute Gasteiger partial charge is 0.150 e. The summed E-state index contributed by atoms with van der Waals surface area (Å²) in [7, 11) is 0. The summed E-state index contributed by atoms with van der Waals surface area (Å²) < 4.78 is 12.4. The molecular formula is C28H14O4. The molecule has 0 bridgehead atoms. The van der Waals surface area contributed by atoms with E-state index in [1.165, 1.54) is 0 Å². The highest BCUT2D eigenvalue weighted by Gasteiger charge is 2.15. The van der Waals surface area contributed by atoms with Crippen LogP contribution in [-0.4, -0.2) is 12.6 Å². The lowest BCUT2D eigenvalue weighted by atomic mass is 10.0. The molecule has 32 heavy (non-hydrogen) atoms. The van der Waals surface area contributed by atoms with Crippen molar-refractivity contribution in [3.8, 4) is 0 Å². The van der Waals surface area contributed by atoms with E-state index in [9.17, 15) is 9.59 Å². The van der Waals surface area contributed by atoms with Crippen molar-refractivity contribution in [1.29, 1.82) is 0 Å². The van der Waals surface area contributed by atoms with E-state index in [4.69, 9.17) is 8.83 Å². The number of hydrogen-bond donors (Lipinski definition) is 0. The highest BCUT2D eigenvalue weighted by molar-refractivity contribution is 6.18. The number of carbonyl (C=O) groups excluding carboxylic acids is 2. The second-order valence-corrected chi connectivity index (χ2v) is 8.19. The summed E-state index contributed by atoms with van der Waals surface area (Å²) in [5.41, 5.74) is 4.42. The lowest BCUT2D eigenvalue weighted by Crippen LogP contribution is -1.80. The van der Waals surface area contributed by atoms with Crippen molar-refractivity contribution >= 4 is 78.0 Å². The van der Waals surface area contributed by atoms with Crippen LogP contribution in [0.2, 0.25) is 0 Å². The molecule has 0 aliphatic carbocycles. The molecule has 0 aliphatic heterocycles. The molecule has 0 atom stereocenters. The number of furan rings is 2. The van der Waals surface area contributed by atoms with Crippen molar-refractivity contribution in [3.05, 3.63) is 83.9 Å². The van der Waals surface area contributed by atoms with Crippen molar-refractivity contribution in [3.63, 3.8) is 0 Å². The number of hydrogen-bond acceptors (Lipinski definition) is 4. The Morgan fingerprint density at radius 3 is 1.28 bits per heavy atom. The first-order chi connectivity index (χ1) is 15.7. The van der Waals surface area contributed by atoms with Crippen molar-refractivity contribution in [2.45, 2.75) is 0 Å². The zero-order chi connectivity index (χ0) is 21.4. The lowest BCUT2D eigenvalue weighted by molar-refractivity contribution is 0.111. The van der Waals surface area contributed by atoms with Gasteiger partial charge in [-0.05, 0) is 70.1 Å². The average molecular weight is 414 g/mol. The maximum Gasteiger partial charge on any atom is 0.150 e. The summed E-state index contributed by atoms with van der Waals surface area (Å²) in [5, 5.41) is 8.03. The Kier molecular flexibility index (Phi) is 3.26. The average Bonchev–Trinajstić information content (AvgIpc) is 3.34. The lowest BCUT2D eigenvalue weighted by Gasteiger charge is -1.99. The third-order valence-electron chi connectivity index (χ3n) is 6.30. The Bertz CT molecular complexity index is 1780. The van der Waals surface area contributed by atoms with Crippen LogP contribution in [0.25, 0.3) is 65.4 Å². The van der Waals surface area contributed by atoms with Gasteiger partial charge in [0, 0.05) is 32.7 Å². The molecule has 0 spiro atoms. The third-order valence-corrected chi connectivity index (χ3v) is 6.30. The van der Waals surface area contributed by atoms with E-state index in [-0.39, 0.29) is 0 Å². The highest BCUT2D eigenvalue weighted by atomic mass is 16.3. The van der Waals surface area contributed by atoms with Crippen molar-refractivity contribution in [2.24, 2.45) is 0 Å². The van der Waals surface area contributed by atoms with E-state index in [1.807, 2.05) is 60.7 Å². The third kappa shape index (κ3) is 2.32. The van der Waals surface area contributed by atoms with Crippen LogP contribution in [0.3, 0.4) is 0 Å². The Labute approximate surface area is 180 Å². The molecule has 0 saturated heterocycles. The molecule has 4 nitrogen and oxygen atoms in total. The Morgan fingerprint density at radius 2 is 0.844 bits per heavy atom. The van der Waals surface area contributed by atoms with E-state index < -0.39 is 0 Å². The molecule has 4 heteroatoms. The van der Waals surface area contributed by atoms with Crippen molar-refractivity contribution in [2.75, 3.05) is 0 Å². The summed E-state index contributed by atoms with van der Waals surface area (Å²) in [6.45, 7) is 0. The van der Waals surface area contributed by atoms with Gasteiger partial charge in [0.25, 0.3) is 0 Å². The van der Waals surface area contributed by atoms with E-state index in [0.717, 1.165) is 78.0 Å². The van der Waals surface area contributed by atoms with Gasteiger partial charge in [0.15, 0.2) is 0 Å². The summed E-state index contributed by atoms with van der Waals surface area (Å²) in [4.78, 5) is 22.3. The zero-order valence-electron chi connectivity index (χ0n) is 16.7. The van der Waals surface area contributed by atoms with Crippen LogP contribution in [0.15, 0.2) is 81.6 Å². The summed E-state index contributed by atoms with van der Waals surface area (Å²) in [6.07, 6.45) is 1.70. The first-order valence-electron chi connectivity index (χ1n) is 10.3. The molecule has 0 amide bonds. The van der Waals surface area contributed by atoms with Crippen molar-refractivity contribution in [1.82, 2.24) is 0 Å². The molecule has 0 aliphatic rings. The summed E-state index contributed by atoms with van der Waals surface area (Å²) in [5.74, 6) is 0. The number of carbonyl (C=O) groups is 2. The molecular weight excluding hydrogens is 400 g/mol. The maximum atomic E-state index is 11.1. The summed E-state index contributed by atoms with van der Waals surface area (Å²) in [6, 6.07) is 23.5. The van der Waals surface area contributed by atoms with Gasteiger partial charge in [0.1, 0.15) is 34.9 Å². The number of rotatable bonds is 2. The van der Waals surface area contributed by atoms with Gasteiger partial charge < -0.3 is 8.83 Å². The largest absolute Gasteiger partial charge is 0.456 e. The van der Waals surface area contributed by atoms with Gasteiger partial charge in [0.05, 0.1) is 0 Å². The monoisotopic (exact) mass is 414 g/mol. The Hall–Kier alpha value is -4.44. The topological polar surface area (TPSA) is 60.4 Å². The van der Waals surface area contributed by atoms with Gasteiger partial charge in [-0.3, -0.25) is 9.59 Å². The van der Waals surface area contributed by atoms with Gasteiger partial charge in [-0.15, -0.1) is 0 Å². The Balaban J connectivity index is 1.53. The van der Waals surface area contributed by atoms with Crippen LogP contribution in [0.1, 0.15) is 20.7 Å². The van der Waals surface area contributed by atoms with Crippen LogP contribution in [0.5, 0.6) is 0 Å². The van der Waals surface area contributed by atoms with Crippen LogP contribution in [0, 0.1) is 0 Å². The second kappa shape index (κ2) is 6.05. The van der Waals surface area contributed by atoms with Crippen LogP contribution in [0.4, 0.5) is 0 Å². The maximum absolute atomic E-state index is 11.1. The standard InChI is InChI=1S/C28H14O4/c29-13-15-1-3-17-7-21-23-11-28-24(12-27(23)31-25(21)9-19(17)5-15)22-8-18-4-2-16(14-30)6-20(18)10-26(22)32-28/h1-14H. The highest BCUT2D eigenvalue weighted by Crippen LogP contribution is 2.39. The zero-order valence-corrected chi connectivity index (χ0v) is 16.7. The molecule has 7 rings (SSSR count). The molecule has 2 heterocycles. The molecule has 150 valence electrons. The molecule has 0 saturated carbocycles. The van der Waals surface area contributed by atoms with Crippen molar-refractivity contribution < 1.29 is 18.4 Å². The summed E-state index contributed by atoms with van der Waals surface area (Å²) >= 11 is 0. The van der Waals surface area contributed by atoms with Crippen LogP contribution in [-0.2, 0) is 0 Å². The minimum atomic E-state index is 0.643. The van der Waals surface area contributed by atoms with E-state index in [2.05, 4.69) is 12.1 Å². The first-order valence-corrected chi connectivity index (χ1v) is 10.3. The minimum absolute atomic E-state index is 0.643. The van der Waals surface area contributed by atoms with Gasteiger partial charge in [0.2, 0.25) is 0 Å². The minimum Gasteiger partial charge on any atom is -0.456 e. The molecule has 5 aromatic carbocycles. The second-order valence-electron chi connectivity index (χ2n) is 8.19. The molecule has 0 radical (unpaired) electrons. The van der Waals surface area contributed by atoms with Crippen LogP contribution < -0.4 is 0 Å². The molecule has 0 fully saturated rings. The van der Waals surface area contributed by atoms with E-state index in [1.54, 1.807) is 0 Å². The predicted molar refractivity (Wildman–Crippen MR) is 127 cm³/mol. The Morgan fingerprint density at radius 1 is 0.438 bits per heavy atom. The number of fused-ring (bicyclic) bond motifs is 8.